The number of aromatic nitrogens is 1. The molecular weight excluding hydrogens is 390 g/mol. The molecule has 3 aromatic carbocycles. The third-order valence-electron chi connectivity index (χ3n) is 4.76. The molecule has 152 valence electrons. The molecule has 0 atom stereocenters. The monoisotopic (exact) mass is 408 g/mol. The molecule has 0 saturated heterocycles. The fraction of sp³-hybridized carbons (Fsp3) is 0.0870. The van der Waals surface area contributed by atoms with Crippen molar-refractivity contribution in [1.82, 2.24) is 4.98 Å². The summed E-state index contributed by atoms with van der Waals surface area (Å²) in [4.78, 5) is 14.7. The summed E-state index contributed by atoms with van der Waals surface area (Å²) >= 11 is 0. The van der Waals surface area contributed by atoms with Gasteiger partial charge in [-0.1, -0.05) is 0 Å². The molecule has 2 N–H and O–H groups in total. The van der Waals surface area contributed by atoms with Gasteiger partial charge in [0, 0.05) is 33.9 Å². The number of methoxy groups -OCH3 is 2. The third-order valence-corrected chi connectivity index (χ3v) is 4.76. The van der Waals surface area contributed by atoms with E-state index in [1.807, 2.05) is 12.1 Å². The van der Waals surface area contributed by atoms with Crippen molar-refractivity contribution in [1.29, 1.82) is 0 Å². The zero-order chi connectivity index (χ0) is 21.3. The molecule has 0 spiro atoms. The number of nitrogens with one attached hydrogen (secondary N) is 2. The van der Waals surface area contributed by atoms with Crippen LogP contribution in [0, 0.1) is 11.6 Å². The van der Waals surface area contributed by atoms with Gasteiger partial charge >= 0.3 is 5.97 Å². The highest BCUT2D eigenvalue weighted by atomic mass is 19.2. The zero-order valence-electron chi connectivity index (χ0n) is 16.3. The largest absolute Gasteiger partial charge is 0.495 e. The summed E-state index contributed by atoms with van der Waals surface area (Å²) in [6.07, 6.45) is 0. The smallest absolute Gasteiger partial charge is 0.337 e. The van der Waals surface area contributed by atoms with Crippen LogP contribution in [0.2, 0.25) is 0 Å². The van der Waals surface area contributed by atoms with E-state index in [2.05, 4.69) is 10.3 Å². The summed E-state index contributed by atoms with van der Waals surface area (Å²) in [7, 11) is 2.90. The number of carbonyl (C=O) groups is 1. The number of H-pyrrole nitrogens is 1. The second-order valence-electron chi connectivity index (χ2n) is 6.65. The maximum Gasteiger partial charge on any atom is 0.337 e. The Bertz CT molecular complexity index is 1190. The second kappa shape index (κ2) is 7.87. The number of benzene rings is 3. The lowest BCUT2D eigenvalue weighted by atomic mass is 10.1. The van der Waals surface area contributed by atoms with E-state index in [0.717, 1.165) is 23.4 Å². The normalized spacial score (nSPS) is 10.8. The summed E-state index contributed by atoms with van der Waals surface area (Å²) in [5, 5.41) is 3.84. The summed E-state index contributed by atoms with van der Waals surface area (Å²) in [6, 6.07) is 16.4. The molecule has 5 nitrogen and oxygen atoms in total. The average molecular weight is 408 g/mol. The fourth-order valence-electron chi connectivity index (χ4n) is 3.22. The van der Waals surface area contributed by atoms with Gasteiger partial charge in [0.25, 0.3) is 0 Å². The van der Waals surface area contributed by atoms with Crippen LogP contribution in [0.1, 0.15) is 10.4 Å². The number of carbonyl (C=O) groups excluding carboxylic acids is 1. The lowest BCUT2D eigenvalue weighted by Crippen LogP contribution is -2.01. The van der Waals surface area contributed by atoms with Crippen molar-refractivity contribution in [3.63, 3.8) is 0 Å². The number of rotatable bonds is 5. The van der Waals surface area contributed by atoms with Gasteiger partial charge in [-0.2, -0.15) is 0 Å². The minimum Gasteiger partial charge on any atom is -0.495 e. The van der Waals surface area contributed by atoms with Gasteiger partial charge in [0.1, 0.15) is 5.75 Å². The Kier molecular flexibility index (Phi) is 5.10. The van der Waals surface area contributed by atoms with Gasteiger partial charge in [-0.25, -0.2) is 13.6 Å². The molecule has 0 fully saturated rings. The first kappa shape index (κ1) is 19.4. The Hall–Kier alpha value is -3.87. The first-order chi connectivity index (χ1) is 14.5. The molecule has 4 rings (SSSR count). The van der Waals surface area contributed by atoms with Crippen molar-refractivity contribution in [3.05, 3.63) is 77.9 Å². The Labute approximate surface area is 171 Å². The Morgan fingerprint density at radius 3 is 2.37 bits per heavy atom. The standard InChI is InChI=1S/C23H18F2N2O3/c1-29-22-8-5-14(19-11-15-9-17(24)18(25)12-20(15)27-19)10-21(22)26-16-6-3-13(4-7-16)23(28)30-2/h3-12,26-27H,1-2H3. The summed E-state index contributed by atoms with van der Waals surface area (Å²) in [6.45, 7) is 0. The molecular formula is C23H18F2N2O3. The summed E-state index contributed by atoms with van der Waals surface area (Å²) in [5.74, 6) is -1.58. The molecule has 1 aromatic heterocycles. The molecule has 0 aliphatic carbocycles. The molecule has 0 aliphatic heterocycles. The van der Waals surface area contributed by atoms with Gasteiger partial charge in [-0.3, -0.25) is 0 Å². The van der Waals surface area contributed by atoms with E-state index in [4.69, 9.17) is 9.47 Å². The highest BCUT2D eigenvalue weighted by Crippen LogP contribution is 2.34. The minimum absolute atomic E-state index is 0.409. The van der Waals surface area contributed by atoms with Crippen molar-refractivity contribution in [2.24, 2.45) is 0 Å². The predicted octanol–water partition coefficient (Wildman–Crippen LogP) is 5.65. The van der Waals surface area contributed by atoms with Gasteiger partial charge in [0.05, 0.1) is 25.5 Å². The molecule has 0 bridgehead atoms. The molecule has 1 heterocycles. The SMILES string of the molecule is COC(=O)c1ccc(Nc2cc(-c3cc4cc(F)c(F)cc4[nH]3)ccc2OC)cc1. The van der Waals surface area contributed by atoms with Crippen molar-refractivity contribution in [2.75, 3.05) is 19.5 Å². The maximum atomic E-state index is 13.5. The number of esters is 1. The third kappa shape index (κ3) is 3.69. The van der Waals surface area contributed by atoms with Crippen molar-refractivity contribution in [2.45, 2.75) is 0 Å². The Morgan fingerprint density at radius 2 is 1.67 bits per heavy atom. The topological polar surface area (TPSA) is 63.3 Å². The maximum absolute atomic E-state index is 13.5. The fourth-order valence-corrected chi connectivity index (χ4v) is 3.22. The average Bonchev–Trinajstić information content (AvgIpc) is 3.16. The van der Waals surface area contributed by atoms with E-state index in [-0.39, 0.29) is 0 Å². The Morgan fingerprint density at radius 1 is 0.933 bits per heavy atom. The van der Waals surface area contributed by atoms with Crippen LogP contribution in [-0.2, 0) is 4.74 Å². The highest BCUT2D eigenvalue weighted by Gasteiger charge is 2.12. The molecule has 30 heavy (non-hydrogen) atoms. The lowest BCUT2D eigenvalue weighted by Gasteiger charge is -2.13. The number of ether oxygens (including phenoxy) is 2. The van der Waals surface area contributed by atoms with Gasteiger partial charge in [0.2, 0.25) is 0 Å². The number of hydrogen-bond acceptors (Lipinski definition) is 4. The Balaban J connectivity index is 1.67. The van der Waals surface area contributed by atoms with Crippen LogP contribution in [0.25, 0.3) is 22.2 Å². The quantitative estimate of drug-likeness (QED) is 0.419. The highest BCUT2D eigenvalue weighted by molar-refractivity contribution is 5.90. The van der Waals surface area contributed by atoms with Crippen molar-refractivity contribution in [3.8, 4) is 17.0 Å². The van der Waals surface area contributed by atoms with Gasteiger partial charge in [-0.15, -0.1) is 0 Å². The molecule has 4 aromatic rings. The van der Waals surface area contributed by atoms with Crippen molar-refractivity contribution < 1.29 is 23.0 Å². The number of halogens is 2. The summed E-state index contributed by atoms with van der Waals surface area (Å²) in [5.41, 5.74) is 3.91. The van der Waals surface area contributed by atoms with E-state index >= 15 is 0 Å². The second-order valence-corrected chi connectivity index (χ2v) is 6.65. The molecule has 0 unspecified atom stereocenters. The van der Waals surface area contributed by atoms with Crippen LogP contribution >= 0.6 is 0 Å². The zero-order valence-corrected chi connectivity index (χ0v) is 16.3. The number of fused-ring (bicyclic) bond motifs is 1. The minimum atomic E-state index is -0.900. The van der Waals surface area contributed by atoms with E-state index in [9.17, 15) is 13.6 Å². The van der Waals surface area contributed by atoms with Crippen LogP contribution < -0.4 is 10.1 Å². The van der Waals surface area contributed by atoms with E-state index < -0.39 is 17.6 Å². The summed E-state index contributed by atoms with van der Waals surface area (Å²) < 4.78 is 37.2. The van der Waals surface area contributed by atoms with E-state index in [1.165, 1.54) is 7.11 Å². The molecule has 7 heteroatoms. The molecule has 0 aliphatic rings. The molecule has 0 saturated carbocycles. The number of hydrogen-bond donors (Lipinski definition) is 2. The predicted molar refractivity (Wildman–Crippen MR) is 111 cm³/mol. The first-order valence-electron chi connectivity index (χ1n) is 9.10. The number of anilines is 2. The van der Waals surface area contributed by atoms with Gasteiger partial charge in [0.15, 0.2) is 11.6 Å². The number of aromatic amines is 1. The van der Waals surface area contributed by atoms with Crippen LogP contribution in [-0.4, -0.2) is 25.2 Å². The van der Waals surface area contributed by atoms with Crippen LogP contribution in [0.15, 0.2) is 60.7 Å². The van der Waals surface area contributed by atoms with Gasteiger partial charge < -0.3 is 19.8 Å². The van der Waals surface area contributed by atoms with Crippen LogP contribution in [0.4, 0.5) is 20.2 Å². The van der Waals surface area contributed by atoms with Gasteiger partial charge in [-0.05, 0) is 54.6 Å². The first-order valence-corrected chi connectivity index (χ1v) is 9.10. The lowest BCUT2D eigenvalue weighted by molar-refractivity contribution is 0.0601. The van der Waals surface area contributed by atoms with Crippen LogP contribution in [0.5, 0.6) is 5.75 Å². The van der Waals surface area contributed by atoms with Crippen LogP contribution in [0.3, 0.4) is 0 Å². The van der Waals surface area contributed by atoms with E-state index in [0.29, 0.717) is 33.6 Å². The van der Waals surface area contributed by atoms with E-state index in [1.54, 1.807) is 43.5 Å². The molecule has 0 amide bonds. The molecule has 0 radical (unpaired) electrons. The van der Waals surface area contributed by atoms with Crippen molar-refractivity contribution >= 4 is 28.2 Å².